The van der Waals surface area contributed by atoms with Crippen LogP contribution < -0.4 is 10.6 Å². The zero-order valence-electron chi connectivity index (χ0n) is 15.9. The molecule has 0 fully saturated rings. The van der Waals surface area contributed by atoms with Crippen LogP contribution in [0.4, 0.5) is 11.5 Å². The van der Waals surface area contributed by atoms with Crippen molar-refractivity contribution in [2.75, 3.05) is 10.6 Å². The van der Waals surface area contributed by atoms with Gasteiger partial charge in [-0.25, -0.2) is 9.97 Å². The summed E-state index contributed by atoms with van der Waals surface area (Å²) in [6.45, 7) is 6.91. The SMILES string of the molecule is Cc1ccc(CNc2cnc(C(=O)Nc3ccccc3C(C)C)cn2)cc1. The molecule has 1 amide bonds. The van der Waals surface area contributed by atoms with Gasteiger partial charge in [-0.1, -0.05) is 61.9 Å². The molecule has 0 aliphatic heterocycles. The van der Waals surface area contributed by atoms with Crippen molar-refractivity contribution >= 4 is 17.4 Å². The summed E-state index contributed by atoms with van der Waals surface area (Å²) in [4.78, 5) is 21.0. The highest BCUT2D eigenvalue weighted by molar-refractivity contribution is 6.03. The van der Waals surface area contributed by atoms with Crippen LogP contribution in [0.2, 0.25) is 0 Å². The number of rotatable bonds is 6. The predicted molar refractivity (Wildman–Crippen MR) is 109 cm³/mol. The van der Waals surface area contributed by atoms with E-state index in [1.165, 1.54) is 11.8 Å². The number of carbonyl (C=O) groups is 1. The molecule has 2 aromatic carbocycles. The molecule has 0 saturated heterocycles. The predicted octanol–water partition coefficient (Wildman–Crippen LogP) is 4.77. The average molecular weight is 360 g/mol. The van der Waals surface area contributed by atoms with Crippen LogP contribution in [0.1, 0.15) is 46.9 Å². The highest BCUT2D eigenvalue weighted by Gasteiger charge is 2.12. The van der Waals surface area contributed by atoms with Gasteiger partial charge in [0.15, 0.2) is 0 Å². The summed E-state index contributed by atoms with van der Waals surface area (Å²) in [6, 6.07) is 16.1. The molecule has 1 aromatic heterocycles. The number of aromatic nitrogens is 2. The Morgan fingerprint density at radius 1 is 1.00 bits per heavy atom. The summed E-state index contributed by atoms with van der Waals surface area (Å²) in [5.74, 6) is 0.691. The standard InChI is InChI=1S/C22H24N4O/c1-15(2)18-6-4-5-7-19(18)26-22(27)20-13-25-21(14-23-20)24-12-17-10-8-16(3)9-11-17/h4-11,13-15H,12H2,1-3H3,(H,24,25)(H,26,27). The minimum absolute atomic E-state index is 0.263. The molecule has 0 unspecified atom stereocenters. The fourth-order valence-electron chi connectivity index (χ4n) is 2.74. The molecule has 0 aliphatic rings. The van der Waals surface area contributed by atoms with E-state index in [2.05, 4.69) is 65.6 Å². The first-order valence-corrected chi connectivity index (χ1v) is 9.04. The second-order valence-electron chi connectivity index (χ2n) is 6.82. The van der Waals surface area contributed by atoms with Gasteiger partial charge < -0.3 is 10.6 Å². The molecule has 0 bridgehead atoms. The van der Waals surface area contributed by atoms with E-state index in [-0.39, 0.29) is 11.6 Å². The zero-order chi connectivity index (χ0) is 19.2. The number of nitrogens with one attached hydrogen (secondary N) is 2. The minimum atomic E-state index is -0.263. The van der Waals surface area contributed by atoms with Crippen molar-refractivity contribution in [2.45, 2.75) is 33.2 Å². The molecule has 27 heavy (non-hydrogen) atoms. The van der Waals surface area contributed by atoms with Crippen LogP contribution in [-0.4, -0.2) is 15.9 Å². The van der Waals surface area contributed by atoms with Gasteiger partial charge in [0.05, 0.1) is 12.4 Å². The molecule has 138 valence electrons. The van der Waals surface area contributed by atoms with Crippen molar-refractivity contribution in [1.82, 2.24) is 9.97 Å². The molecule has 0 spiro atoms. The van der Waals surface area contributed by atoms with E-state index in [0.717, 1.165) is 16.8 Å². The molecule has 3 aromatic rings. The average Bonchev–Trinajstić information content (AvgIpc) is 2.68. The molecule has 0 aliphatic carbocycles. The summed E-state index contributed by atoms with van der Waals surface area (Å²) in [6.07, 6.45) is 3.07. The number of benzene rings is 2. The molecule has 1 heterocycles. The van der Waals surface area contributed by atoms with Crippen molar-refractivity contribution in [3.8, 4) is 0 Å². The Bertz CT molecular complexity index is 902. The number of hydrogen-bond donors (Lipinski definition) is 2. The van der Waals surface area contributed by atoms with Gasteiger partial charge in [-0.3, -0.25) is 4.79 Å². The van der Waals surface area contributed by atoms with Crippen LogP contribution in [0.5, 0.6) is 0 Å². The summed E-state index contributed by atoms with van der Waals surface area (Å²) in [5, 5.41) is 6.14. The summed E-state index contributed by atoms with van der Waals surface area (Å²) >= 11 is 0. The van der Waals surface area contributed by atoms with Gasteiger partial charge in [0.25, 0.3) is 5.91 Å². The van der Waals surface area contributed by atoms with E-state index in [1.807, 2.05) is 24.3 Å². The highest BCUT2D eigenvalue weighted by Crippen LogP contribution is 2.24. The Balaban J connectivity index is 1.63. The quantitative estimate of drug-likeness (QED) is 0.664. The molecular weight excluding hydrogens is 336 g/mol. The van der Waals surface area contributed by atoms with E-state index in [4.69, 9.17) is 0 Å². The van der Waals surface area contributed by atoms with Crippen LogP contribution in [0.15, 0.2) is 60.9 Å². The molecular formula is C22H24N4O. The third-order valence-electron chi connectivity index (χ3n) is 4.31. The van der Waals surface area contributed by atoms with Crippen LogP contribution in [0.3, 0.4) is 0 Å². The fourth-order valence-corrected chi connectivity index (χ4v) is 2.74. The number of nitrogens with zero attached hydrogens (tertiary/aromatic N) is 2. The maximum Gasteiger partial charge on any atom is 0.275 e. The molecule has 0 atom stereocenters. The Kier molecular flexibility index (Phi) is 5.81. The third kappa shape index (κ3) is 4.91. The topological polar surface area (TPSA) is 66.9 Å². The Hall–Kier alpha value is -3.21. The van der Waals surface area contributed by atoms with Crippen molar-refractivity contribution in [2.24, 2.45) is 0 Å². The number of anilines is 2. The molecule has 2 N–H and O–H groups in total. The normalized spacial score (nSPS) is 10.7. The summed E-state index contributed by atoms with van der Waals surface area (Å²) in [7, 11) is 0. The fraction of sp³-hybridized carbons (Fsp3) is 0.227. The zero-order valence-corrected chi connectivity index (χ0v) is 15.9. The van der Waals surface area contributed by atoms with Crippen LogP contribution in [-0.2, 0) is 6.54 Å². The Morgan fingerprint density at radius 2 is 1.74 bits per heavy atom. The lowest BCUT2D eigenvalue weighted by atomic mass is 10.0. The van der Waals surface area contributed by atoms with Gasteiger partial charge in [-0.05, 0) is 30.0 Å². The first kappa shape index (κ1) is 18.6. The van der Waals surface area contributed by atoms with E-state index in [1.54, 1.807) is 6.20 Å². The van der Waals surface area contributed by atoms with E-state index in [0.29, 0.717) is 18.3 Å². The minimum Gasteiger partial charge on any atom is -0.365 e. The van der Waals surface area contributed by atoms with Crippen LogP contribution >= 0.6 is 0 Å². The van der Waals surface area contributed by atoms with E-state index >= 15 is 0 Å². The van der Waals surface area contributed by atoms with Gasteiger partial charge in [-0.15, -0.1) is 0 Å². The molecule has 3 rings (SSSR count). The van der Waals surface area contributed by atoms with Crippen molar-refractivity contribution in [1.29, 1.82) is 0 Å². The van der Waals surface area contributed by atoms with Gasteiger partial charge in [0.1, 0.15) is 11.5 Å². The van der Waals surface area contributed by atoms with Gasteiger partial charge in [0.2, 0.25) is 0 Å². The van der Waals surface area contributed by atoms with Gasteiger partial charge in [0, 0.05) is 12.2 Å². The molecule has 5 nitrogen and oxygen atoms in total. The number of para-hydroxylation sites is 1. The molecule has 0 radical (unpaired) electrons. The van der Waals surface area contributed by atoms with Crippen LogP contribution in [0.25, 0.3) is 0 Å². The lowest BCUT2D eigenvalue weighted by molar-refractivity contribution is 0.102. The molecule has 5 heteroatoms. The second kappa shape index (κ2) is 8.45. The van der Waals surface area contributed by atoms with E-state index in [9.17, 15) is 4.79 Å². The third-order valence-corrected chi connectivity index (χ3v) is 4.31. The molecule has 0 saturated carbocycles. The second-order valence-corrected chi connectivity index (χ2v) is 6.82. The highest BCUT2D eigenvalue weighted by atomic mass is 16.1. The Labute approximate surface area is 159 Å². The first-order chi connectivity index (χ1) is 13.0. The number of carbonyl (C=O) groups excluding carboxylic acids is 1. The van der Waals surface area contributed by atoms with Crippen LogP contribution in [0, 0.1) is 6.92 Å². The van der Waals surface area contributed by atoms with Crippen molar-refractivity contribution < 1.29 is 4.79 Å². The largest absolute Gasteiger partial charge is 0.365 e. The lowest BCUT2D eigenvalue weighted by Gasteiger charge is -2.13. The smallest absolute Gasteiger partial charge is 0.275 e. The maximum absolute atomic E-state index is 12.5. The van der Waals surface area contributed by atoms with Gasteiger partial charge in [-0.2, -0.15) is 0 Å². The monoisotopic (exact) mass is 360 g/mol. The number of amides is 1. The maximum atomic E-state index is 12.5. The van der Waals surface area contributed by atoms with Gasteiger partial charge >= 0.3 is 0 Å². The summed E-state index contributed by atoms with van der Waals surface area (Å²) < 4.78 is 0. The number of aryl methyl sites for hydroxylation is 1. The van der Waals surface area contributed by atoms with Crippen molar-refractivity contribution in [3.63, 3.8) is 0 Å². The van der Waals surface area contributed by atoms with Crippen molar-refractivity contribution in [3.05, 3.63) is 83.3 Å². The lowest BCUT2D eigenvalue weighted by Crippen LogP contribution is -2.16. The first-order valence-electron chi connectivity index (χ1n) is 9.04. The summed E-state index contributed by atoms with van der Waals surface area (Å²) in [5.41, 5.74) is 4.58. The Morgan fingerprint density at radius 3 is 2.41 bits per heavy atom. The van der Waals surface area contributed by atoms with E-state index < -0.39 is 0 Å². The number of hydrogen-bond acceptors (Lipinski definition) is 4.